The first-order valence-corrected chi connectivity index (χ1v) is 13.3. The number of hydrogen-bond acceptors (Lipinski definition) is 1. The van der Waals surface area contributed by atoms with Gasteiger partial charge in [-0.15, -0.1) is 0 Å². The molecule has 1 nitrogen and oxygen atoms in total. The largest absolute Gasteiger partial charge is 0.342 e. The second-order valence-corrected chi connectivity index (χ2v) is 9.79. The van der Waals surface area contributed by atoms with E-state index in [1.54, 1.807) is 0 Å². The zero-order chi connectivity index (χ0) is 25.9. The standard InChI is InChI=1S/C37H31N/c1-3-38(34-17-10-16-32(26-34)31-15-9-11-27(2)25-31)33-22-19-29(20-23-33)36-24-21-28-12-7-8-18-35(28)37(36)30-13-5-4-6-14-30/h4-26H,3H2,1-2H3. The van der Waals surface area contributed by atoms with E-state index < -0.39 is 0 Å². The summed E-state index contributed by atoms with van der Waals surface area (Å²) in [6.45, 7) is 5.25. The molecule has 6 aromatic rings. The van der Waals surface area contributed by atoms with Gasteiger partial charge in [-0.05, 0) is 82.3 Å². The predicted octanol–water partition coefficient (Wildman–Crippen LogP) is 10.3. The van der Waals surface area contributed by atoms with Crippen LogP contribution in [-0.2, 0) is 0 Å². The number of anilines is 2. The molecule has 0 N–H and O–H groups in total. The van der Waals surface area contributed by atoms with Gasteiger partial charge in [-0.3, -0.25) is 0 Å². The Morgan fingerprint density at radius 2 is 1.18 bits per heavy atom. The Morgan fingerprint density at radius 3 is 1.95 bits per heavy atom. The Morgan fingerprint density at radius 1 is 0.500 bits per heavy atom. The second-order valence-electron chi connectivity index (χ2n) is 9.79. The monoisotopic (exact) mass is 489 g/mol. The first kappa shape index (κ1) is 23.8. The second kappa shape index (κ2) is 10.4. The smallest absolute Gasteiger partial charge is 0.0416 e. The first-order valence-electron chi connectivity index (χ1n) is 13.3. The highest BCUT2D eigenvalue weighted by Crippen LogP contribution is 2.39. The van der Waals surface area contributed by atoms with Gasteiger partial charge in [-0.25, -0.2) is 0 Å². The van der Waals surface area contributed by atoms with Crippen LogP contribution in [0.25, 0.3) is 44.2 Å². The molecule has 0 amide bonds. The van der Waals surface area contributed by atoms with Crippen molar-refractivity contribution >= 4 is 22.1 Å². The SMILES string of the molecule is CCN(c1ccc(-c2ccc3ccccc3c2-c2ccccc2)cc1)c1cccc(-c2cccc(C)c2)c1. The van der Waals surface area contributed by atoms with E-state index in [0.717, 1.165) is 6.54 Å². The maximum Gasteiger partial charge on any atom is 0.0416 e. The van der Waals surface area contributed by atoms with E-state index in [1.807, 2.05) is 0 Å². The third-order valence-corrected chi connectivity index (χ3v) is 7.31. The number of rotatable bonds is 6. The van der Waals surface area contributed by atoms with Crippen molar-refractivity contribution in [3.63, 3.8) is 0 Å². The Hall–Kier alpha value is -4.62. The molecule has 0 heterocycles. The molecular formula is C37H31N. The van der Waals surface area contributed by atoms with E-state index in [2.05, 4.69) is 158 Å². The van der Waals surface area contributed by atoms with E-state index in [-0.39, 0.29) is 0 Å². The van der Waals surface area contributed by atoms with Crippen molar-refractivity contribution < 1.29 is 0 Å². The molecule has 38 heavy (non-hydrogen) atoms. The van der Waals surface area contributed by atoms with Crippen molar-refractivity contribution in [1.82, 2.24) is 0 Å². The number of aryl methyl sites for hydroxylation is 1. The van der Waals surface area contributed by atoms with Crippen LogP contribution in [0.1, 0.15) is 12.5 Å². The highest BCUT2D eigenvalue weighted by Gasteiger charge is 2.13. The summed E-state index contributed by atoms with van der Waals surface area (Å²) >= 11 is 0. The summed E-state index contributed by atoms with van der Waals surface area (Å²) in [4.78, 5) is 2.38. The molecule has 1 heteroatoms. The van der Waals surface area contributed by atoms with Crippen molar-refractivity contribution in [3.8, 4) is 33.4 Å². The summed E-state index contributed by atoms with van der Waals surface area (Å²) in [5.74, 6) is 0. The van der Waals surface area contributed by atoms with Gasteiger partial charge in [-0.1, -0.05) is 121 Å². The minimum absolute atomic E-state index is 0.891. The van der Waals surface area contributed by atoms with E-state index in [4.69, 9.17) is 0 Å². The fourth-order valence-corrected chi connectivity index (χ4v) is 5.44. The average Bonchev–Trinajstić information content (AvgIpc) is 2.98. The van der Waals surface area contributed by atoms with Crippen LogP contribution in [0, 0.1) is 6.92 Å². The fourth-order valence-electron chi connectivity index (χ4n) is 5.44. The molecule has 0 unspecified atom stereocenters. The van der Waals surface area contributed by atoms with Crippen LogP contribution < -0.4 is 4.90 Å². The number of nitrogens with zero attached hydrogens (tertiary/aromatic N) is 1. The lowest BCUT2D eigenvalue weighted by molar-refractivity contribution is 1.02. The Labute approximate surface area is 225 Å². The Balaban J connectivity index is 1.39. The molecule has 0 aliphatic heterocycles. The minimum Gasteiger partial charge on any atom is -0.342 e. The van der Waals surface area contributed by atoms with E-state index in [9.17, 15) is 0 Å². The zero-order valence-corrected chi connectivity index (χ0v) is 21.9. The summed E-state index contributed by atoms with van der Waals surface area (Å²) in [5.41, 5.74) is 11.2. The summed E-state index contributed by atoms with van der Waals surface area (Å²) in [6.07, 6.45) is 0. The van der Waals surface area contributed by atoms with Gasteiger partial charge in [0.25, 0.3) is 0 Å². The molecule has 0 bridgehead atoms. The van der Waals surface area contributed by atoms with Crippen LogP contribution in [0.4, 0.5) is 11.4 Å². The van der Waals surface area contributed by atoms with Crippen molar-refractivity contribution in [2.45, 2.75) is 13.8 Å². The number of benzene rings is 6. The van der Waals surface area contributed by atoms with Crippen LogP contribution in [0.2, 0.25) is 0 Å². The third kappa shape index (κ3) is 4.60. The van der Waals surface area contributed by atoms with Gasteiger partial charge in [0, 0.05) is 17.9 Å². The Bertz CT molecular complexity index is 1700. The Kier molecular flexibility index (Phi) is 6.50. The van der Waals surface area contributed by atoms with Gasteiger partial charge in [-0.2, -0.15) is 0 Å². The highest BCUT2D eigenvalue weighted by atomic mass is 15.1. The lowest BCUT2D eigenvalue weighted by atomic mass is 9.90. The molecule has 0 radical (unpaired) electrons. The minimum atomic E-state index is 0.891. The molecule has 0 aromatic heterocycles. The van der Waals surface area contributed by atoms with E-state index in [1.165, 1.54) is 61.1 Å². The molecule has 0 aliphatic rings. The van der Waals surface area contributed by atoms with Gasteiger partial charge >= 0.3 is 0 Å². The zero-order valence-electron chi connectivity index (χ0n) is 21.9. The van der Waals surface area contributed by atoms with Crippen LogP contribution in [0.3, 0.4) is 0 Å². The maximum atomic E-state index is 2.38. The van der Waals surface area contributed by atoms with Gasteiger partial charge in [0.1, 0.15) is 0 Å². The van der Waals surface area contributed by atoms with E-state index in [0.29, 0.717) is 0 Å². The lowest BCUT2D eigenvalue weighted by Crippen LogP contribution is -2.15. The van der Waals surface area contributed by atoms with Crippen LogP contribution in [0.15, 0.2) is 140 Å². The number of hydrogen-bond donors (Lipinski definition) is 0. The average molecular weight is 490 g/mol. The molecular weight excluding hydrogens is 458 g/mol. The van der Waals surface area contributed by atoms with Crippen molar-refractivity contribution in [3.05, 3.63) is 145 Å². The quantitative estimate of drug-likeness (QED) is 0.225. The normalized spacial score (nSPS) is 11.0. The van der Waals surface area contributed by atoms with E-state index >= 15 is 0 Å². The summed E-state index contributed by atoms with van der Waals surface area (Å²) < 4.78 is 0. The van der Waals surface area contributed by atoms with Gasteiger partial charge in [0.15, 0.2) is 0 Å². The van der Waals surface area contributed by atoms with Crippen LogP contribution in [-0.4, -0.2) is 6.54 Å². The third-order valence-electron chi connectivity index (χ3n) is 7.31. The molecule has 0 aliphatic carbocycles. The maximum absolute atomic E-state index is 2.38. The fraction of sp³-hybridized carbons (Fsp3) is 0.0811. The van der Waals surface area contributed by atoms with Crippen molar-refractivity contribution in [1.29, 1.82) is 0 Å². The predicted molar refractivity (Wildman–Crippen MR) is 164 cm³/mol. The number of fused-ring (bicyclic) bond motifs is 1. The molecule has 0 saturated carbocycles. The highest BCUT2D eigenvalue weighted by molar-refractivity contribution is 6.04. The van der Waals surface area contributed by atoms with Gasteiger partial charge in [0.2, 0.25) is 0 Å². The molecule has 184 valence electrons. The molecule has 0 saturated heterocycles. The van der Waals surface area contributed by atoms with Crippen molar-refractivity contribution in [2.24, 2.45) is 0 Å². The van der Waals surface area contributed by atoms with Gasteiger partial charge in [0.05, 0.1) is 0 Å². The summed E-state index contributed by atoms with van der Waals surface area (Å²) in [7, 11) is 0. The molecule has 6 rings (SSSR count). The molecule has 0 spiro atoms. The van der Waals surface area contributed by atoms with Crippen LogP contribution >= 0.6 is 0 Å². The topological polar surface area (TPSA) is 3.24 Å². The summed E-state index contributed by atoms with van der Waals surface area (Å²) in [6, 6.07) is 50.5. The summed E-state index contributed by atoms with van der Waals surface area (Å²) in [5, 5.41) is 2.54. The first-order chi connectivity index (χ1) is 18.7. The van der Waals surface area contributed by atoms with Gasteiger partial charge < -0.3 is 4.90 Å². The lowest BCUT2D eigenvalue weighted by Gasteiger charge is -2.24. The van der Waals surface area contributed by atoms with Crippen molar-refractivity contribution in [2.75, 3.05) is 11.4 Å². The van der Waals surface area contributed by atoms with Crippen LogP contribution in [0.5, 0.6) is 0 Å². The molecule has 0 fully saturated rings. The molecule has 0 atom stereocenters. The molecule has 6 aromatic carbocycles.